The Balaban J connectivity index is 1.79. The maximum atomic E-state index is 13.4. The summed E-state index contributed by atoms with van der Waals surface area (Å²) in [7, 11) is 1.65. The zero-order chi connectivity index (χ0) is 22.3. The summed E-state index contributed by atoms with van der Waals surface area (Å²) in [5, 5.41) is 13.8. The highest BCUT2D eigenvalue weighted by Gasteiger charge is 2.49. The Labute approximate surface area is 195 Å². The summed E-state index contributed by atoms with van der Waals surface area (Å²) in [5.41, 5.74) is 3.50. The van der Waals surface area contributed by atoms with Crippen molar-refractivity contribution in [1.82, 2.24) is 15.2 Å². The fourth-order valence-electron chi connectivity index (χ4n) is 4.04. The number of benzene rings is 1. The van der Waals surface area contributed by atoms with Crippen molar-refractivity contribution in [3.8, 4) is 11.1 Å². The van der Waals surface area contributed by atoms with E-state index in [0.717, 1.165) is 26.0 Å². The van der Waals surface area contributed by atoms with Crippen molar-refractivity contribution in [2.75, 3.05) is 7.05 Å². The van der Waals surface area contributed by atoms with Gasteiger partial charge in [-0.15, -0.1) is 11.3 Å². The van der Waals surface area contributed by atoms with Crippen molar-refractivity contribution in [3.63, 3.8) is 0 Å². The van der Waals surface area contributed by atoms with Crippen LogP contribution >= 0.6 is 27.3 Å². The molecule has 2 aromatic heterocycles. The summed E-state index contributed by atoms with van der Waals surface area (Å²) < 4.78 is 0.918. The number of carbonyl (C=O) groups is 1. The Hall–Kier alpha value is -2.51. The molecule has 1 aliphatic rings. The van der Waals surface area contributed by atoms with Gasteiger partial charge in [-0.1, -0.05) is 38.1 Å². The fraction of sp³-hybridized carbons (Fsp3) is 0.292. The lowest BCUT2D eigenvalue weighted by atomic mass is 9.76. The summed E-state index contributed by atoms with van der Waals surface area (Å²) in [5.74, 6) is 0.0133. The van der Waals surface area contributed by atoms with Crippen molar-refractivity contribution in [2.45, 2.75) is 38.1 Å². The largest absolute Gasteiger partial charge is 0.345 e. The van der Waals surface area contributed by atoms with Crippen LogP contribution in [0.3, 0.4) is 0 Å². The van der Waals surface area contributed by atoms with E-state index in [1.807, 2.05) is 31.3 Å². The van der Waals surface area contributed by atoms with Gasteiger partial charge in [-0.3, -0.25) is 20.1 Å². The van der Waals surface area contributed by atoms with E-state index in [2.05, 4.69) is 63.7 Å². The highest BCUT2D eigenvalue weighted by atomic mass is 79.9. The number of carbonyl (C=O) groups excluding carboxylic acids is 1. The second kappa shape index (κ2) is 8.20. The van der Waals surface area contributed by atoms with Gasteiger partial charge in [0.1, 0.15) is 0 Å². The van der Waals surface area contributed by atoms with E-state index in [1.165, 1.54) is 10.5 Å². The summed E-state index contributed by atoms with van der Waals surface area (Å²) >= 11 is 5.08. The van der Waals surface area contributed by atoms with Crippen LogP contribution < -0.4 is 5.32 Å². The topological polar surface area (TPSA) is 69.1 Å². The first-order valence-electron chi connectivity index (χ1n) is 10.1. The predicted molar refractivity (Wildman–Crippen MR) is 130 cm³/mol. The lowest BCUT2D eigenvalue weighted by molar-refractivity contribution is -0.131. The minimum atomic E-state index is -0.734. The van der Waals surface area contributed by atoms with E-state index >= 15 is 0 Å². The molecule has 1 fully saturated rings. The van der Waals surface area contributed by atoms with Crippen LogP contribution in [0.4, 0.5) is 0 Å². The number of pyridine rings is 1. The number of hydrogen-bond acceptors (Lipinski definition) is 4. The Morgan fingerprint density at radius 1 is 1.19 bits per heavy atom. The highest BCUT2D eigenvalue weighted by Crippen LogP contribution is 2.44. The normalized spacial score (nSPS) is 21.5. The van der Waals surface area contributed by atoms with Crippen LogP contribution in [0.25, 0.3) is 11.1 Å². The first kappa shape index (κ1) is 21.7. The molecular formula is C24H25BrN4OS. The van der Waals surface area contributed by atoms with Crippen molar-refractivity contribution in [3.05, 3.63) is 74.6 Å². The molecule has 0 saturated carbocycles. The van der Waals surface area contributed by atoms with Gasteiger partial charge >= 0.3 is 0 Å². The average molecular weight is 497 g/mol. The maximum Gasteiger partial charge on any atom is 0.239 e. The molecule has 1 aromatic carbocycles. The first-order valence-corrected chi connectivity index (χ1v) is 11.8. The zero-order valence-corrected chi connectivity index (χ0v) is 20.3. The van der Waals surface area contributed by atoms with Gasteiger partial charge in [0.2, 0.25) is 5.91 Å². The Morgan fingerprint density at radius 3 is 2.55 bits per heavy atom. The summed E-state index contributed by atoms with van der Waals surface area (Å²) in [6, 6.07) is 12.4. The fourth-order valence-corrected chi connectivity index (χ4v) is 5.47. The van der Waals surface area contributed by atoms with Gasteiger partial charge in [-0.05, 0) is 63.0 Å². The minimum absolute atomic E-state index is 0.0809. The van der Waals surface area contributed by atoms with Gasteiger partial charge < -0.3 is 5.32 Å². The molecule has 2 N–H and O–H groups in total. The molecule has 2 atom stereocenters. The number of nitrogens with zero attached hydrogens (tertiary/aromatic N) is 2. The van der Waals surface area contributed by atoms with Crippen molar-refractivity contribution in [2.24, 2.45) is 0 Å². The van der Waals surface area contributed by atoms with Crippen LogP contribution in [0.5, 0.6) is 0 Å². The van der Waals surface area contributed by atoms with Crippen molar-refractivity contribution in [1.29, 1.82) is 5.41 Å². The number of likely N-dealkylation sites (N-methyl/N-ethyl adjacent to an activating group) is 1. The molecule has 1 aliphatic heterocycles. The summed E-state index contributed by atoms with van der Waals surface area (Å²) in [6.45, 7) is 6.33. The molecule has 3 heterocycles. The number of halogens is 1. The lowest BCUT2D eigenvalue weighted by Gasteiger charge is -2.45. The third-order valence-electron chi connectivity index (χ3n) is 5.95. The van der Waals surface area contributed by atoms with E-state index in [-0.39, 0.29) is 11.9 Å². The van der Waals surface area contributed by atoms with Crippen LogP contribution in [0, 0.1) is 5.41 Å². The Morgan fingerprint density at radius 2 is 1.90 bits per heavy atom. The predicted octanol–water partition coefficient (Wildman–Crippen LogP) is 5.69. The molecule has 5 nitrogen and oxygen atoms in total. The van der Waals surface area contributed by atoms with E-state index in [0.29, 0.717) is 5.92 Å². The zero-order valence-electron chi connectivity index (χ0n) is 17.9. The van der Waals surface area contributed by atoms with Crippen LogP contribution in [0.15, 0.2) is 58.6 Å². The van der Waals surface area contributed by atoms with Gasteiger partial charge in [0.15, 0.2) is 5.96 Å². The number of nitrogens with one attached hydrogen (secondary N) is 2. The number of thiophene rings is 1. The Kier molecular flexibility index (Phi) is 5.75. The van der Waals surface area contributed by atoms with Crippen LogP contribution in [0.2, 0.25) is 0 Å². The second-order valence-electron chi connectivity index (χ2n) is 8.42. The van der Waals surface area contributed by atoms with Gasteiger partial charge in [0.05, 0.1) is 11.5 Å². The quantitative estimate of drug-likeness (QED) is 0.487. The monoisotopic (exact) mass is 496 g/mol. The molecule has 160 valence electrons. The number of hydrogen-bond donors (Lipinski definition) is 2. The van der Waals surface area contributed by atoms with Crippen molar-refractivity contribution >= 4 is 39.1 Å². The van der Waals surface area contributed by atoms with Gasteiger partial charge in [0.25, 0.3) is 0 Å². The molecule has 0 aliphatic carbocycles. The lowest BCUT2D eigenvalue weighted by Crippen LogP contribution is -2.62. The van der Waals surface area contributed by atoms with Gasteiger partial charge in [0, 0.05) is 34.4 Å². The van der Waals surface area contributed by atoms with Crippen LogP contribution in [0.1, 0.15) is 48.6 Å². The molecule has 0 unspecified atom stereocenters. The minimum Gasteiger partial charge on any atom is -0.345 e. The second-order valence-corrected chi connectivity index (χ2v) is 10.2. The number of aromatic nitrogens is 1. The molecule has 7 heteroatoms. The van der Waals surface area contributed by atoms with Gasteiger partial charge in [-0.25, -0.2) is 0 Å². The first-order chi connectivity index (χ1) is 14.7. The molecule has 0 spiro atoms. The molecule has 31 heavy (non-hydrogen) atoms. The molecule has 4 rings (SSSR count). The third kappa shape index (κ3) is 3.92. The van der Waals surface area contributed by atoms with Gasteiger partial charge in [-0.2, -0.15) is 0 Å². The van der Waals surface area contributed by atoms with E-state index in [1.54, 1.807) is 24.6 Å². The molecule has 3 aromatic rings. The molecule has 0 bridgehead atoms. The number of rotatable bonds is 4. The third-order valence-corrected chi connectivity index (χ3v) is 7.56. The molecule has 1 saturated heterocycles. The molecule has 0 radical (unpaired) electrons. The van der Waals surface area contributed by atoms with E-state index in [4.69, 9.17) is 5.41 Å². The number of guanidine groups is 1. The highest BCUT2D eigenvalue weighted by molar-refractivity contribution is 9.10. The number of amides is 1. The van der Waals surface area contributed by atoms with E-state index in [9.17, 15) is 4.79 Å². The van der Waals surface area contributed by atoms with Crippen LogP contribution in [-0.4, -0.2) is 28.8 Å². The average Bonchev–Trinajstić information content (AvgIpc) is 3.24. The van der Waals surface area contributed by atoms with E-state index < -0.39 is 11.5 Å². The summed E-state index contributed by atoms with van der Waals surface area (Å²) in [4.78, 5) is 20.1. The van der Waals surface area contributed by atoms with Crippen LogP contribution in [-0.2, 0) is 10.3 Å². The Bertz CT molecular complexity index is 1140. The summed E-state index contributed by atoms with van der Waals surface area (Å²) in [6.07, 6.45) is 3.59. The standard InChI is InChI=1S/C24H25BrN4OS/c1-14(2)15-5-7-16(8-6-15)21-22(30)29(4)23(26)28-24(21,3)20-10-18(13-31-20)17-9-19(25)12-27-11-17/h5-14,21H,1-4H3,(H2,26,28)/t21-,24+/m0/s1. The molecular weight excluding hydrogens is 472 g/mol. The SMILES string of the molecule is CC(C)c1ccc([C@H]2C(=O)N(C)C(=N)N[C@]2(C)c2cc(-c3cncc(Br)c3)cs2)cc1. The molecule has 1 amide bonds. The maximum absolute atomic E-state index is 13.4. The van der Waals surface area contributed by atoms with Crippen molar-refractivity contribution < 1.29 is 4.79 Å². The smallest absolute Gasteiger partial charge is 0.239 e.